The summed E-state index contributed by atoms with van der Waals surface area (Å²) >= 11 is 0. The summed E-state index contributed by atoms with van der Waals surface area (Å²) in [7, 11) is 2.07. The van der Waals surface area contributed by atoms with Crippen molar-refractivity contribution in [1.29, 1.82) is 0 Å². The number of hydrogen-bond donors (Lipinski definition) is 1. The van der Waals surface area contributed by atoms with E-state index in [4.69, 9.17) is 0 Å². The standard InChI is InChI=1S/C14H21N3O2/c1-11-9-12(15-13(11)10-18)3-4-14(19)17-7-5-16(2)6-8-17/h9-10,15H,3-8H2,1-2H3. The first-order valence-electron chi connectivity index (χ1n) is 6.70. The molecule has 5 nitrogen and oxygen atoms in total. The lowest BCUT2D eigenvalue weighted by atomic mass is 10.2. The fourth-order valence-electron chi connectivity index (χ4n) is 2.36. The van der Waals surface area contributed by atoms with E-state index in [-0.39, 0.29) is 5.91 Å². The maximum absolute atomic E-state index is 12.1. The Morgan fingerprint density at radius 3 is 2.63 bits per heavy atom. The number of carbonyl (C=O) groups is 2. The number of rotatable bonds is 4. The number of carbonyl (C=O) groups excluding carboxylic acids is 2. The monoisotopic (exact) mass is 263 g/mol. The zero-order valence-corrected chi connectivity index (χ0v) is 11.6. The van der Waals surface area contributed by atoms with Gasteiger partial charge in [-0.15, -0.1) is 0 Å². The number of amides is 1. The summed E-state index contributed by atoms with van der Waals surface area (Å²) in [6.45, 7) is 5.43. The third-order valence-electron chi connectivity index (χ3n) is 3.69. The molecule has 0 bridgehead atoms. The highest BCUT2D eigenvalue weighted by molar-refractivity contribution is 5.77. The SMILES string of the molecule is Cc1cc(CCC(=O)N2CCN(C)CC2)[nH]c1C=O. The normalized spacial score (nSPS) is 16.6. The molecule has 0 saturated carbocycles. The average molecular weight is 263 g/mol. The van der Waals surface area contributed by atoms with Crippen molar-refractivity contribution in [2.45, 2.75) is 19.8 Å². The molecule has 0 spiro atoms. The Balaban J connectivity index is 1.84. The van der Waals surface area contributed by atoms with Crippen LogP contribution in [0, 0.1) is 6.92 Å². The van der Waals surface area contributed by atoms with Gasteiger partial charge in [0.1, 0.15) is 0 Å². The molecule has 1 aromatic heterocycles. The second kappa shape index (κ2) is 6.02. The summed E-state index contributed by atoms with van der Waals surface area (Å²) in [5, 5.41) is 0. The molecule has 1 fully saturated rings. The molecular formula is C14H21N3O2. The lowest BCUT2D eigenvalue weighted by Gasteiger charge is -2.32. The molecule has 2 rings (SSSR count). The number of hydrogen-bond acceptors (Lipinski definition) is 3. The summed E-state index contributed by atoms with van der Waals surface area (Å²) in [5.74, 6) is 0.202. The second-order valence-corrected chi connectivity index (χ2v) is 5.19. The van der Waals surface area contributed by atoms with Crippen molar-refractivity contribution in [2.75, 3.05) is 33.2 Å². The predicted octanol–water partition coefficient (Wildman–Crippen LogP) is 0.842. The van der Waals surface area contributed by atoms with Gasteiger partial charge < -0.3 is 14.8 Å². The molecule has 0 aromatic carbocycles. The number of aryl methyl sites for hydroxylation is 2. The number of likely N-dealkylation sites (N-methyl/N-ethyl adjacent to an activating group) is 1. The molecule has 104 valence electrons. The summed E-state index contributed by atoms with van der Waals surface area (Å²) in [4.78, 5) is 30.0. The van der Waals surface area contributed by atoms with Crippen molar-refractivity contribution in [2.24, 2.45) is 0 Å². The topological polar surface area (TPSA) is 56.4 Å². The maximum atomic E-state index is 12.1. The molecule has 0 unspecified atom stereocenters. The van der Waals surface area contributed by atoms with Crippen LogP contribution in [-0.4, -0.2) is 60.2 Å². The smallest absolute Gasteiger partial charge is 0.223 e. The molecule has 1 aliphatic heterocycles. The van der Waals surface area contributed by atoms with Crippen LogP contribution in [0.4, 0.5) is 0 Å². The Kier molecular flexibility index (Phi) is 4.37. The Labute approximate surface area is 113 Å². The van der Waals surface area contributed by atoms with Gasteiger partial charge in [0, 0.05) is 38.3 Å². The van der Waals surface area contributed by atoms with E-state index in [9.17, 15) is 9.59 Å². The first-order valence-corrected chi connectivity index (χ1v) is 6.70. The van der Waals surface area contributed by atoms with E-state index in [0.29, 0.717) is 18.5 Å². The van der Waals surface area contributed by atoms with E-state index in [1.807, 2.05) is 17.9 Å². The number of aromatic amines is 1. The van der Waals surface area contributed by atoms with Crippen LogP contribution in [0.1, 0.15) is 28.2 Å². The zero-order valence-electron chi connectivity index (χ0n) is 11.6. The van der Waals surface area contributed by atoms with Gasteiger partial charge in [-0.1, -0.05) is 0 Å². The molecule has 19 heavy (non-hydrogen) atoms. The Hall–Kier alpha value is -1.62. The van der Waals surface area contributed by atoms with E-state index in [1.54, 1.807) is 0 Å². The Bertz CT molecular complexity index is 459. The summed E-state index contributed by atoms with van der Waals surface area (Å²) in [6.07, 6.45) is 1.99. The van der Waals surface area contributed by atoms with E-state index in [2.05, 4.69) is 16.9 Å². The van der Waals surface area contributed by atoms with Gasteiger partial charge in [-0.3, -0.25) is 9.59 Å². The Morgan fingerprint density at radius 1 is 1.37 bits per heavy atom. The minimum absolute atomic E-state index is 0.202. The summed E-state index contributed by atoms with van der Waals surface area (Å²) in [6, 6.07) is 1.95. The zero-order chi connectivity index (χ0) is 13.8. The quantitative estimate of drug-likeness (QED) is 0.819. The van der Waals surface area contributed by atoms with Crippen LogP contribution < -0.4 is 0 Å². The second-order valence-electron chi connectivity index (χ2n) is 5.19. The molecule has 1 amide bonds. The number of H-pyrrole nitrogens is 1. The minimum atomic E-state index is 0.202. The maximum Gasteiger partial charge on any atom is 0.223 e. The van der Waals surface area contributed by atoms with Gasteiger partial charge in [-0.25, -0.2) is 0 Å². The minimum Gasteiger partial charge on any atom is -0.356 e. The van der Waals surface area contributed by atoms with Crippen molar-refractivity contribution in [1.82, 2.24) is 14.8 Å². The van der Waals surface area contributed by atoms with Gasteiger partial charge >= 0.3 is 0 Å². The van der Waals surface area contributed by atoms with Crippen molar-refractivity contribution in [3.8, 4) is 0 Å². The first kappa shape index (κ1) is 13.8. The predicted molar refractivity (Wildman–Crippen MR) is 73.3 cm³/mol. The van der Waals surface area contributed by atoms with E-state index < -0.39 is 0 Å². The van der Waals surface area contributed by atoms with Crippen LogP contribution in [0.5, 0.6) is 0 Å². The van der Waals surface area contributed by atoms with E-state index >= 15 is 0 Å². The van der Waals surface area contributed by atoms with Gasteiger partial charge in [0.15, 0.2) is 6.29 Å². The average Bonchev–Trinajstić information content (AvgIpc) is 2.77. The van der Waals surface area contributed by atoms with E-state index in [1.165, 1.54) is 0 Å². The molecule has 2 heterocycles. The van der Waals surface area contributed by atoms with Gasteiger partial charge in [-0.05, 0) is 32.0 Å². The van der Waals surface area contributed by atoms with Crippen molar-refractivity contribution in [3.05, 3.63) is 23.0 Å². The van der Waals surface area contributed by atoms with Crippen LogP contribution in [0.2, 0.25) is 0 Å². The number of nitrogens with one attached hydrogen (secondary N) is 1. The summed E-state index contributed by atoms with van der Waals surface area (Å²) < 4.78 is 0. The Morgan fingerprint density at radius 2 is 2.05 bits per heavy atom. The van der Waals surface area contributed by atoms with Gasteiger partial charge in [-0.2, -0.15) is 0 Å². The van der Waals surface area contributed by atoms with Crippen molar-refractivity contribution in [3.63, 3.8) is 0 Å². The van der Waals surface area contributed by atoms with Crippen LogP contribution in [0.3, 0.4) is 0 Å². The molecule has 0 aliphatic carbocycles. The van der Waals surface area contributed by atoms with Crippen molar-refractivity contribution >= 4 is 12.2 Å². The van der Waals surface area contributed by atoms with Gasteiger partial charge in [0.2, 0.25) is 5.91 Å². The largest absolute Gasteiger partial charge is 0.356 e. The number of aromatic nitrogens is 1. The molecule has 0 atom stereocenters. The highest BCUT2D eigenvalue weighted by Crippen LogP contribution is 2.11. The first-order chi connectivity index (χ1) is 9.10. The molecule has 5 heteroatoms. The lowest BCUT2D eigenvalue weighted by molar-refractivity contribution is -0.132. The number of aldehydes is 1. The van der Waals surface area contributed by atoms with Crippen LogP contribution in [0.15, 0.2) is 6.07 Å². The molecule has 1 aromatic rings. The lowest BCUT2D eigenvalue weighted by Crippen LogP contribution is -2.47. The molecule has 1 aliphatic rings. The molecule has 1 saturated heterocycles. The number of nitrogens with zero attached hydrogens (tertiary/aromatic N) is 2. The third-order valence-corrected chi connectivity index (χ3v) is 3.69. The highest BCUT2D eigenvalue weighted by atomic mass is 16.2. The van der Waals surface area contributed by atoms with Crippen LogP contribution in [0.25, 0.3) is 0 Å². The molecule has 0 radical (unpaired) electrons. The third kappa shape index (κ3) is 3.44. The molecule has 1 N–H and O–H groups in total. The number of piperazine rings is 1. The molecular weight excluding hydrogens is 242 g/mol. The highest BCUT2D eigenvalue weighted by Gasteiger charge is 2.18. The van der Waals surface area contributed by atoms with E-state index in [0.717, 1.165) is 43.7 Å². The van der Waals surface area contributed by atoms with Crippen molar-refractivity contribution < 1.29 is 9.59 Å². The fraction of sp³-hybridized carbons (Fsp3) is 0.571. The van der Waals surface area contributed by atoms with Gasteiger partial charge in [0.05, 0.1) is 5.69 Å². The summed E-state index contributed by atoms with van der Waals surface area (Å²) in [5.41, 5.74) is 2.51. The fourth-order valence-corrected chi connectivity index (χ4v) is 2.36. The van der Waals surface area contributed by atoms with Gasteiger partial charge in [0.25, 0.3) is 0 Å². The van der Waals surface area contributed by atoms with Crippen LogP contribution >= 0.6 is 0 Å². The van der Waals surface area contributed by atoms with Crippen LogP contribution in [-0.2, 0) is 11.2 Å².